The molecule has 1 fully saturated rings. The molecule has 0 radical (unpaired) electrons. The van der Waals surface area contributed by atoms with Crippen LogP contribution in [0.1, 0.15) is 0 Å². The lowest BCUT2D eigenvalue weighted by Crippen LogP contribution is -2.50. The minimum Gasteiger partial charge on any atom is -0.398 e. The van der Waals surface area contributed by atoms with Crippen LogP contribution < -0.4 is 5.73 Å². The summed E-state index contributed by atoms with van der Waals surface area (Å²) in [5.74, 6) is 0. The van der Waals surface area contributed by atoms with E-state index in [1.165, 1.54) is 26.8 Å². The van der Waals surface area contributed by atoms with Crippen LogP contribution in [-0.2, 0) is 20.0 Å². The third-order valence-electron chi connectivity index (χ3n) is 3.28. The molecule has 0 atom stereocenters. The summed E-state index contributed by atoms with van der Waals surface area (Å²) in [7, 11) is -7.00. The van der Waals surface area contributed by atoms with Gasteiger partial charge in [0.1, 0.15) is 0 Å². The van der Waals surface area contributed by atoms with Gasteiger partial charge in [-0.25, -0.2) is 16.8 Å². The lowest BCUT2D eigenvalue weighted by Gasteiger charge is -2.32. The van der Waals surface area contributed by atoms with E-state index in [4.69, 9.17) is 17.3 Å². The van der Waals surface area contributed by atoms with E-state index < -0.39 is 20.0 Å². The standard InChI is InChI=1S/C11H16ClN3O4S2/c1-20(16,17)14-4-6-15(7-5-14)21(18,19)9-2-3-11(13)10(12)8-9/h2-3,8H,4-7,13H2,1H3. The smallest absolute Gasteiger partial charge is 0.243 e. The highest BCUT2D eigenvalue weighted by Crippen LogP contribution is 2.25. The zero-order chi connectivity index (χ0) is 15.8. The van der Waals surface area contributed by atoms with Crippen molar-refractivity contribution in [2.75, 3.05) is 38.2 Å². The number of hydrogen-bond acceptors (Lipinski definition) is 5. The van der Waals surface area contributed by atoms with Gasteiger partial charge in [-0.1, -0.05) is 11.6 Å². The fourth-order valence-corrected chi connectivity index (χ4v) is 4.58. The molecule has 2 N–H and O–H groups in total. The molecular weight excluding hydrogens is 338 g/mol. The predicted molar refractivity (Wildman–Crippen MR) is 81.0 cm³/mol. The molecule has 10 heteroatoms. The molecule has 2 rings (SSSR count). The Morgan fingerprint density at radius 1 is 1.05 bits per heavy atom. The quantitative estimate of drug-likeness (QED) is 0.781. The lowest BCUT2D eigenvalue weighted by atomic mass is 10.3. The Kier molecular flexibility index (Phi) is 4.50. The minimum absolute atomic E-state index is 0.0505. The van der Waals surface area contributed by atoms with E-state index in [-0.39, 0.29) is 36.1 Å². The second-order valence-corrected chi connectivity index (χ2v) is 9.08. The van der Waals surface area contributed by atoms with Crippen molar-refractivity contribution in [3.05, 3.63) is 23.2 Å². The van der Waals surface area contributed by atoms with Crippen molar-refractivity contribution in [2.45, 2.75) is 4.90 Å². The molecule has 1 aliphatic heterocycles. The predicted octanol–water partition coefficient (Wildman–Crippen LogP) is 0.188. The number of nitrogens with two attached hydrogens (primary N) is 1. The van der Waals surface area contributed by atoms with Gasteiger partial charge < -0.3 is 5.73 Å². The second kappa shape index (κ2) is 5.73. The van der Waals surface area contributed by atoms with Crippen molar-refractivity contribution in [2.24, 2.45) is 0 Å². The van der Waals surface area contributed by atoms with E-state index in [1.54, 1.807) is 0 Å². The molecule has 0 aliphatic carbocycles. The Balaban J connectivity index is 2.20. The SMILES string of the molecule is CS(=O)(=O)N1CCN(S(=O)(=O)c2ccc(N)c(Cl)c2)CC1. The van der Waals surface area contributed by atoms with Crippen molar-refractivity contribution in [3.63, 3.8) is 0 Å². The van der Waals surface area contributed by atoms with Gasteiger partial charge >= 0.3 is 0 Å². The molecule has 0 bridgehead atoms. The Hall–Kier alpha value is -0.870. The lowest BCUT2D eigenvalue weighted by molar-refractivity contribution is 0.274. The summed E-state index contributed by atoms with van der Waals surface area (Å²) < 4.78 is 50.3. The molecule has 0 spiro atoms. The van der Waals surface area contributed by atoms with E-state index in [9.17, 15) is 16.8 Å². The summed E-state index contributed by atoms with van der Waals surface area (Å²) >= 11 is 5.85. The monoisotopic (exact) mass is 353 g/mol. The maximum absolute atomic E-state index is 12.5. The summed E-state index contributed by atoms with van der Waals surface area (Å²) in [4.78, 5) is 0.0505. The van der Waals surface area contributed by atoms with Crippen LogP contribution in [0.15, 0.2) is 23.1 Å². The van der Waals surface area contributed by atoms with Crippen molar-refractivity contribution < 1.29 is 16.8 Å². The van der Waals surface area contributed by atoms with Crippen molar-refractivity contribution >= 4 is 37.3 Å². The van der Waals surface area contributed by atoms with Crippen LogP contribution in [0.3, 0.4) is 0 Å². The van der Waals surface area contributed by atoms with Gasteiger partial charge in [0, 0.05) is 26.2 Å². The van der Waals surface area contributed by atoms with Gasteiger partial charge in [0.15, 0.2) is 0 Å². The molecule has 0 amide bonds. The number of nitrogen functional groups attached to an aromatic ring is 1. The normalized spacial score (nSPS) is 18.8. The number of anilines is 1. The van der Waals surface area contributed by atoms with Gasteiger partial charge in [-0.3, -0.25) is 0 Å². The largest absolute Gasteiger partial charge is 0.398 e. The number of halogens is 1. The van der Waals surface area contributed by atoms with E-state index in [1.807, 2.05) is 0 Å². The first kappa shape index (κ1) is 16.5. The van der Waals surface area contributed by atoms with Crippen molar-refractivity contribution in [1.29, 1.82) is 0 Å². The molecule has 0 saturated carbocycles. The van der Waals surface area contributed by atoms with E-state index in [0.29, 0.717) is 5.69 Å². The molecule has 1 aromatic rings. The minimum atomic E-state index is -3.70. The maximum atomic E-state index is 12.5. The number of rotatable bonds is 3. The third-order valence-corrected chi connectivity index (χ3v) is 6.80. The first-order valence-corrected chi connectivity index (χ1v) is 9.79. The highest BCUT2D eigenvalue weighted by molar-refractivity contribution is 7.89. The van der Waals surface area contributed by atoms with E-state index >= 15 is 0 Å². The van der Waals surface area contributed by atoms with Crippen molar-refractivity contribution in [1.82, 2.24) is 8.61 Å². The summed E-state index contributed by atoms with van der Waals surface area (Å²) in [5, 5.41) is 0.172. The number of piperazine rings is 1. The first-order chi connectivity index (χ1) is 9.62. The Morgan fingerprint density at radius 2 is 1.57 bits per heavy atom. The zero-order valence-electron chi connectivity index (χ0n) is 11.4. The molecule has 21 heavy (non-hydrogen) atoms. The number of sulfonamides is 2. The zero-order valence-corrected chi connectivity index (χ0v) is 13.7. The Morgan fingerprint density at radius 3 is 2.05 bits per heavy atom. The molecule has 1 heterocycles. The number of benzene rings is 1. The van der Waals surface area contributed by atoms with Crippen LogP contribution in [-0.4, -0.2) is 57.9 Å². The van der Waals surface area contributed by atoms with Crippen LogP contribution in [0.5, 0.6) is 0 Å². The summed E-state index contributed by atoms with van der Waals surface area (Å²) in [6.07, 6.45) is 1.11. The second-order valence-electron chi connectivity index (χ2n) is 4.75. The molecule has 0 aromatic heterocycles. The molecule has 7 nitrogen and oxygen atoms in total. The fourth-order valence-electron chi connectivity index (χ4n) is 2.06. The molecule has 118 valence electrons. The summed E-state index contributed by atoms with van der Waals surface area (Å²) in [6.45, 7) is 0.496. The van der Waals surface area contributed by atoms with Gasteiger partial charge in [-0.05, 0) is 18.2 Å². The maximum Gasteiger partial charge on any atom is 0.243 e. The third kappa shape index (κ3) is 3.49. The molecule has 1 aliphatic rings. The molecule has 0 unspecified atom stereocenters. The average molecular weight is 354 g/mol. The average Bonchev–Trinajstić information content (AvgIpc) is 2.41. The molecule has 1 saturated heterocycles. The topological polar surface area (TPSA) is 101 Å². The summed E-state index contributed by atoms with van der Waals surface area (Å²) in [5.41, 5.74) is 5.87. The highest BCUT2D eigenvalue weighted by atomic mass is 35.5. The van der Waals surface area contributed by atoms with Gasteiger partial charge in [0.2, 0.25) is 20.0 Å². The first-order valence-electron chi connectivity index (χ1n) is 6.12. The fraction of sp³-hybridized carbons (Fsp3) is 0.455. The highest BCUT2D eigenvalue weighted by Gasteiger charge is 2.31. The molecule has 1 aromatic carbocycles. The van der Waals surface area contributed by atoms with Gasteiger partial charge in [0.25, 0.3) is 0 Å². The van der Waals surface area contributed by atoms with Gasteiger partial charge in [-0.2, -0.15) is 8.61 Å². The van der Waals surface area contributed by atoms with Gasteiger partial charge in [-0.15, -0.1) is 0 Å². The Labute approximate surface area is 129 Å². The number of hydrogen-bond donors (Lipinski definition) is 1. The van der Waals surface area contributed by atoms with E-state index in [2.05, 4.69) is 0 Å². The van der Waals surface area contributed by atoms with Crippen LogP contribution in [0, 0.1) is 0 Å². The summed E-state index contributed by atoms with van der Waals surface area (Å²) in [6, 6.07) is 4.12. The number of nitrogens with zero attached hydrogens (tertiary/aromatic N) is 2. The van der Waals surface area contributed by atoms with Crippen molar-refractivity contribution in [3.8, 4) is 0 Å². The van der Waals surface area contributed by atoms with Crippen LogP contribution in [0.2, 0.25) is 5.02 Å². The van der Waals surface area contributed by atoms with E-state index in [0.717, 1.165) is 6.26 Å². The van der Waals surface area contributed by atoms with Crippen LogP contribution >= 0.6 is 11.6 Å². The molecular formula is C11H16ClN3O4S2. The van der Waals surface area contributed by atoms with Crippen LogP contribution in [0.25, 0.3) is 0 Å². The van der Waals surface area contributed by atoms with Gasteiger partial charge in [0.05, 0.1) is 21.9 Å². The Bertz CT molecular complexity index is 741. The van der Waals surface area contributed by atoms with Crippen LogP contribution in [0.4, 0.5) is 5.69 Å².